The van der Waals surface area contributed by atoms with E-state index in [4.69, 9.17) is 16.1 Å². The number of nitrogens with one attached hydrogen (secondary N) is 1. The van der Waals surface area contributed by atoms with Crippen LogP contribution in [0.15, 0.2) is 28.8 Å². The summed E-state index contributed by atoms with van der Waals surface area (Å²) in [5.41, 5.74) is -0.153. The molecule has 1 aliphatic carbocycles. The SMILES string of the molecule is C[C@@H]1CCCC[C@@]12NC(=O)N(Cc1nc(-c3ccccc3Cl)no1)C2=O. The predicted octanol–water partition coefficient (Wildman–Crippen LogP) is 3.39. The zero-order valence-electron chi connectivity index (χ0n) is 14.4. The molecule has 8 heteroatoms. The zero-order valence-corrected chi connectivity index (χ0v) is 15.1. The molecule has 0 radical (unpaired) electrons. The van der Waals surface area contributed by atoms with E-state index in [9.17, 15) is 9.59 Å². The molecule has 1 saturated heterocycles. The molecule has 1 aliphatic heterocycles. The maximum Gasteiger partial charge on any atom is 0.325 e. The minimum Gasteiger partial charge on any atom is -0.337 e. The van der Waals surface area contributed by atoms with Crippen LogP contribution in [0.4, 0.5) is 4.79 Å². The summed E-state index contributed by atoms with van der Waals surface area (Å²) in [5, 5.41) is 7.34. The second-order valence-corrected chi connectivity index (χ2v) is 7.34. The second kappa shape index (κ2) is 6.39. The molecule has 1 saturated carbocycles. The number of benzene rings is 1. The van der Waals surface area contributed by atoms with Crippen molar-refractivity contribution in [3.8, 4) is 11.4 Å². The molecule has 1 spiro atoms. The van der Waals surface area contributed by atoms with Crippen molar-refractivity contribution in [2.75, 3.05) is 0 Å². The summed E-state index contributed by atoms with van der Waals surface area (Å²) in [6.45, 7) is 1.97. The Morgan fingerprint density at radius 3 is 2.92 bits per heavy atom. The Morgan fingerprint density at radius 2 is 2.15 bits per heavy atom. The first-order valence-electron chi connectivity index (χ1n) is 8.73. The fraction of sp³-hybridized carbons (Fsp3) is 0.444. The molecule has 26 heavy (non-hydrogen) atoms. The highest BCUT2D eigenvalue weighted by Gasteiger charge is 2.55. The van der Waals surface area contributed by atoms with Crippen LogP contribution in [0.25, 0.3) is 11.4 Å². The molecule has 2 aromatic rings. The van der Waals surface area contributed by atoms with Crippen molar-refractivity contribution in [3.63, 3.8) is 0 Å². The van der Waals surface area contributed by atoms with Gasteiger partial charge in [0, 0.05) is 5.56 Å². The van der Waals surface area contributed by atoms with Crippen LogP contribution >= 0.6 is 11.6 Å². The van der Waals surface area contributed by atoms with Gasteiger partial charge in [-0.2, -0.15) is 4.98 Å². The van der Waals surface area contributed by atoms with E-state index in [1.165, 1.54) is 4.90 Å². The number of urea groups is 1. The summed E-state index contributed by atoms with van der Waals surface area (Å²) in [7, 11) is 0. The molecule has 4 rings (SSSR count). The largest absolute Gasteiger partial charge is 0.337 e. The topological polar surface area (TPSA) is 88.3 Å². The molecule has 1 N–H and O–H groups in total. The number of halogens is 1. The molecule has 2 heterocycles. The first kappa shape index (κ1) is 17.0. The van der Waals surface area contributed by atoms with Crippen molar-refractivity contribution in [1.29, 1.82) is 0 Å². The molecule has 0 unspecified atom stereocenters. The molecule has 2 atom stereocenters. The first-order chi connectivity index (χ1) is 12.5. The van der Waals surface area contributed by atoms with E-state index >= 15 is 0 Å². The van der Waals surface area contributed by atoms with Gasteiger partial charge < -0.3 is 9.84 Å². The Kier molecular flexibility index (Phi) is 4.19. The van der Waals surface area contributed by atoms with Crippen molar-refractivity contribution >= 4 is 23.5 Å². The van der Waals surface area contributed by atoms with Gasteiger partial charge in [-0.25, -0.2) is 4.79 Å². The Bertz CT molecular complexity index is 868. The van der Waals surface area contributed by atoms with Crippen LogP contribution in [0.5, 0.6) is 0 Å². The van der Waals surface area contributed by atoms with Crippen LogP contribution in [0.1, 0.15) is 38.5 Å². The first-order valence-corrected chi connectivity index (χ1v) is 9.10. The van der Waals surface area contributed by atoms with Crippen LogP contribution < -0.4 is 5.32 Å². The van der Waals surface area contributed by atoms with E-state index < -0.39 is 11.6 Å². The van der Waals surface area contributed by atoms with E-state index in [1.807, 2.05) is 19.1 Å². The van der Waals surface area contributed by atoms with Gasteiger partial charge in [0.2, 0.25) is 11.7 Å². The predicted molar refractivity (Wildman–Crippen MR) is 94.2 cm³/mol. The normalized spacial score (nSPS) is 25.8. The zero-order chi connectivity index (χ0) is 18.3. The average molecular weight is 375 g/mol. The standard InChI is InChI=1S/C18H19ClN4O3/c1-11-6-4-5-9-18(11)16(24)23(17(25)21-18)10-14-20-15(22-26-14)12-7-2-3-8-13(12)19/h2-3,7-8,11H,4-6,9-10H2,1H3,(H,21,25)/t11-,18-/m1/s1. The van der Waals surface area contributed by atoms with E-state index in [0.717, 1.165) is 19.3 Å². The lowest BCUT2D eigenvalue weighted by molar-refractivity contribution is -0.134. The van der Waals surface area contributed by atoms with Gasteiger partial charge in [0.15, 0.2) is 0 Å². The Balaban J connectivity index is 1.56. The third kappa shape index (κ3) is 2.67. The quantitative estimate of drug-likeness (QED) is 0.832. The Morgan fingerprint density at radius 1 is 1.35 bits per heavy atom. The maximum atomic E-state index is 13.0. The van der Waals surface area contributed by atoms with E-state index in [2.05, 4.69) is 15.5 Å². The summed E-state index contributed by atoms with van der Waals surface area (Å²) in [5.74, 6) is 0.439. The number of nitrogens with zero attached hydrogens (tertiary/aromatic N) is 3. The Hall–Kier alpha value is -2.41. The van der Waals surface area contributed by atoms with Crippen molar-refractivity contribution in [2.24, 2.45) is 5.92 Å². The van der Waals surface area contributed by atoms with E-state index in [1.54, 1.807) is 12.1 Å². The molecule has 1 aromatic heterocycles. The molecule has 0 bridgehead atoms. The average Bonchev–Trinajstić information content (AvgIpc) is 3.18. The fourth-order valence-electron chi connectivity index (χ4n) is 3.85. The van der Waals surface area contributed by atoms with Gasteiger partial charge in [0.25, 0.3) is 5.91 Å². The number of aromatic nitrogens is 2. The summed E-state index contributed by atoms with van der Waals surface area (Å²) in [6.07, 6.45) is 3.61. The van der Waals surface area contributed by atoms with Gasteiger partial charge in [0.1, 0.15) is 12.1 Å². The number of hydrogen-bond donors (Lipinski definition) is 1. The molecule has 2 aliphatic rings. The number of rotatable bonds is 3. The number of imide groups is 1. The van der Waals surface area contributed by atoms with Crippen molar-refractivity contribution in [2.45, 2.75) is 44.7 Å². The highest BCUT2D eigenvalue weighted by Crippen LogP contribution is 2.38. The van der Waals surface area contributed by atoms with Gasteiger partial charge in [-0.05, 0) is 30.9 Å². The molecular formula is C18H19ClN4O3. The van der Waals surface area contributed by atoms with Crippen LogP contribution in [0.3, 0.4) is 0 Å². The minimum absolute atomic E-state index is 0.0451. The van der Waals surface area contributed by atoms with Gasteiger partial charge in [-0.3, -0.25) is 9.69 Å². The number of hydrogen-bond acceptors (Lipinski definition) is 5. The van der Waals surface area contributed by atoms with Gasteiger partial charge in [0.05, 0.1) is 5.02 Å². The van der Waals surface area contributed by atoms with Crippen molar-refractivity contribution < 1.29 is 14.1 Å². The van der Waals surface area contributed by atoms with Gasteiger partial charge >= 0.3 is 6.03 Å². The molecule has 2 fully saturated rings. The van der Waals surface area contributed by atoms with Crippen LogP contribution in [-0.4, -0.2) is 32.5 Å². The van der Waals surface area contributed by atoms with Crippen LogP contribution in [0.2, 0.25) is 5.02 Å². The van der Waals surface area contributed by atoms with Crippen molar-refractivity contribution in [1.82, 2.24) is 20.4 Å². The highest BCUT2D eigenvalue weighted by molar-refractivity contribution is 6.33. The lowest BCUT2D eigenvalue weighted by Crippen LogP contribution is -2.53. The van der Waals surface area contributed by atoms with Gasteiger partial charge in [-0.15, -0.1) is 0 Å². The lowest BCUT2D eigenvalue weighted by atomic mass is 9.73. The maximum absolute atomic E-state index is 13.0. The van der Waals surface area contributed by atoms with E-state index in [0.29, 0.717) is 22.8 Å². The van der Waals surface area contributed by atoms with Crippen LogP contribution in [-0.2, 0) is 11.3 Å². The Labute approximate surface area is 155 Å². The van der Waals surface area contributed by atoms with E-state index in [-0.39, 0.29) is 24.3 Å². The third-order valence-corrected chi connectivity index (χ3v) is 5.71. The second-order valence-electron chi connectivity index (χ2n) is 6.93. The fourth-order valence-corrected chi connectivity index (χ4v) is 4.07. The monoisotopic (exact) mass is 374 g/mol. The van der Waals surface area contributed by atoms with Crippen LogP contribution in [0, 0.1) is 5.92 Å². The molecule has 136 valence electrons. The molecule has 7 nitrogen and oxygen atoms in total. The minimum atomic E-state index is -0.791. The molecular weight excluding hydrogens is 356 g/mol. The molecule has 1 aromatic carbocycles. The summed E-state index contributed by atoms with van der Waals surface area (Å²) in [6, 6.07) is 6.75. The number of amides is 3. The summed E-state index contributed by atoms with van der Waals surface area (Å²) in [4.78, 5) is 30.9. The third-order valence-electron chi connectivity index (χ3n) is 5.38. The van der Waals surface area contributed by atoms with Crippen molar-refractivity contribution in [3.05, 3.63) is 35.2 Å². The summed E-state index contributed by atoms with van der Waals surface area (Å²) < 4.78 is 5.24. The van der Waals surface area contributed by atoms with Gasteiger partial charge in [-0.1, -0.05) is 48.7 Å². The molecule has 3 amide bonds. The smallest absolute Gasteiger partial charge is 0.325 e. The number of carbonyl (C=O) groups is 2. The summed E-state index contributed by atoms with van der Waals surface area (Å²) >= 11 is 6.15. The number of carbonyl (C=O) groups excluding carboxylic acids is 2. The lowest BCUT2D eigenvalue weighted by Gasteiger charge is -2.36. The highest BCUT2D eigenvalue weighted by atomic mass is 35.5.